The highest BCUT2D eigenvalue weighted by Gasteiger charge is 2.25. The lowest BCUT2D eigenvalue weighted by molar-refractivity contribution is -0.121. The Morgan fingerprint density at radius 3 is 2.71 bits per heavy atom. The molecule has 0 aliphatic carbocycles. The van der Waals surface area contributed by atoms with Crippen molar-refractivity contribution in [1.82, 2.24) is 0 Å². The van der Waals surface area contributed by atoms with E-state index in [4.69, 9.17) is 4.42 Å². The fraction of sp³-hybridized carbons (Fsp3) is 0.333. The molecule has 1 aromatic carbocycles. The first-order valence-electron chi connectivity index (χ1n) is 7.96. The lowest BCUT2D eigenvalue weighted by atomic mass is 9.99. The maximum Gasteiger partial charge on any atom is 0.291 e. The van der Waals surface area contributed by atoms with Gasteiger partial charge >= 0.3 is 0 Å². The predicted molar refractivity (Wildman–Crippen MR) is 96.3 cm³/mol. The second-order valence-electron chi connectivity index (χ2n) is 6.15. The Morgan fingerprint density at radius 1 is 1.25 bits per heavy atom. The van der Waals surface area contributed by atoms with Crippen LogP contribution in [0.3, 0.4) is 0 Å². The normalized spacial score (nSPS) is 13.8. The van der Waals surface area contributed by atoms with Crippen LogP contribution < -0.4 is 10.2 Å². The average molecular weight is 391 g/mol. The molecule has 6 heteroatoms. The van der Waals surface area contributed by atoms with Crippen LogP contribution in [0.15, 0.2) is 39.4 Å². The van der Waals surface area contributed by atoms with Gasteiger partial charge in [0, 0.05) is 23.8 Å². The Hall–Kier alpha value is -2.08. The van der Waals surface area contributed by atoms with Crippen LogP contribution in [0, 0.1) is 5.92 Å². The summed E-state index contributed by atoms with van der Waals surface area (Å²) >= 11 is 3.18. The molecule has 0 unspecified atom stereocenters. The number of anilines is 2. The Labute approximate surface area is 149 Å². The number of hydrogen-bond donors (Lipinski definition) is 1. The highest BCUT2D eigenvalue weighted by atomic mass is 79.9. The Bertz CT molecular complexity index is 782. The van der Waals surface area contributed by atoms with Crippen molar-refractivity contribution in [3.8, 4) is 0 Å². The fourth-order valence-corrected chi connectivity index (χ4v) is 3.13. The van der Waals surface area contributed by atoms with E-state index in [0.717, 1.165) is 24.1 Å². The van der Waals surface area contributed by atoms with Gasteiger partial charge in [-0.05, 0) is 58.6 Å². The number of rotatable bonds is 3. The molecule has 5 nitrogen and oxygen atoms in total. The van der Waals surface area contributed by atoms with E-state index in [9.17, 15) is 9.59 Å². The number of halogens is 1. The predicted octanol–water partition coefficient (Wildman–Crippen LogP) is 4.23. The fourth-order valence-electron chi connectivity index (χ4n) is 2.82. The zero-order valence-corrected chi connectivity index (χ0v) is 15.2. The minimum absolute atomic E-state index is 0.0605. The van der Waals surface area contributed by atoms with Crippen molar-refractivity contribution in [3.63, 3.8) is 0 Å². The molecule has 2 aromatic rings. The van der Waals surface area contributed by atoms with Crippen molar-refractivity contribution in [2.75, 3.05) is 16.8 Å². The molecule has 2 amide bonds. The first kappa shape index (κ1) is 16.8. The van der Waals surface area contributed by atoms with Gasteiger partial charge in [-0.25, -0.2) is 0 Å². The SMILES string of the molecule is CC(C)C(=O)N1CCCc2ccc(NC(=O)c3ccc(Br)o3)cc21. The van der Waals surface area contributed by atoms with Crippen LogP contribution in [0.2, 0.25) is 0 Å². The molecule has 0 saturated heterocycles. The van der Waals surface area contributed by atoms with Crippen LogP contribution in [-0.4, -0.2) is 18.4 Å². The average Bonchev–Trinajstić information content (AvgIpc) is 3.00. The molecule has 1 aliphatic rings. The Balaban J connectivity index is 1.85. The summed E-state index contributed by atoms with van der Waals surface area (Å²) in [6, 6.07) is 8.97. The molecule has 1 aliphatic heterocycles. The number of hydrogen-bond acceptors (Lipinski definition) is 3. The molecule has 24 heavy (non-hydrogen) atoms. The van der Waals surface area contributed by atoms with Gasteiger partial charge in [0.25, 0.3) is 5.91 Å². The minimum Gasteiger partial charge on any atom is -0.444 e. The van der Waals surface area contributed by atoms with Crippen LogP contribution in [0.4, 0.5) is 11.4 Å². The van der Waals surface area contributed by atoms with Gasteiger partial charge in [-0.15, -0.1) is 0 Å². The van der Waals surface area contributed by atoms with Crippen LogP contribution in [0.25, 0.3) is 0 Å². The molecule has 0 bridgehead atoms. The lowest BCUT2D eigenvalue weighted by Crippen LogP contribution is -2.38. The summed E-state index contributed by atoms with van der Waals surface area (Å²) < 4.78 is 5.77. The third-order valence-corrected chi connectivity index (χ3v) is 4.44. The van der Waals surface area contributed by atoms with E-state index in [0.29, 0.717) is 16.9 Å². The first-order valence-corrected chi connectivity index (χ1v) is 8.76. The van der Waals surface area contributed by atoms with Gasteiger partial charge in [0.15, 0.2) is 10.4 Å². The van der Waals surface area contributed by atoms with Gasteiger partial charge in [0.05, 0.1) is 0 Å². The van der Waals surface area contributed by atoms with E-state index in [1.807, 2.05) is 36.9 Å². The third-order valence-electron chi connectivity index (χ3n) is 4.02. The Kier molecular flexibility index (Phi) is 4.76. The van der Waals surface area contributed by atoms with Gasteiger partial charge in [0.1, 0.15) is 0 Å². The monoisotopic (exact) mass is 390 g/mol. The van der Waals surface area contributed by atoms with E-state index >= 15 is 0 Å². The van der Waals surface area contributed by atoms with Crippen molar-refractivity contribution in [1.29, 1.82) is 0 Å². The highest BCUT2D eigenvalue weighted by Crippen LogP contribution is 2.31. The van der Waals surface area contributed by atoms with Crippen molar-refractivity contribution in [3.05, 3.63) is 46.3 Å². The molecule has 3 rings (SSSR count). The van der Waals surface area contributed by atoms with Gasteiger partial charge in [0.2, 0.25) is 5.91 Å². The molecule has 1 N–H and O–H groups in total. The number of furan rings is 1. The summed E-state index contributed by atoms with van der Waals surface area (Å²) in [5, 5.41) is 2.82. The second-order valence-corrected chi connectivity index (χ2v) is 6.93. The largest absolute Gasteiger partial charge is 0.444 e. The zero-order chi connectivity index (χ0) is 17.3. The smallest absolute Gasteiger partial charge is 0.291 e. The number of amides is 2. The second kappa shape index (κ2) is 6.81. The third kappa shape index (κ3) is 3.38. The molecular weight excluding hydrogens is 372 g/mol. The molecule has 2 heterocycles. The molecular formula is C18H19BrN2O3. The molecule has 0 atom stereocenters. The zero-order valence-electron chi connectivity index (χ0n) is 13.6. The van der Waals surface area contributed by atoms with Gasteiger partial charge < -0.3 is 14.6 Å². The summed E-state index contributed by atoms with van der Waals surface area (Å²) in [5.41, 5.74) is 2.67. The number of fused-ring (bicyclic) bond motifs is 1. The van der Waals surface area contributed by atoms with Crippen LogP contribution >= 0.6 is 15.9 Å². The van der Waals surface area contributed by atoms with E-state index in [1.54, 1.807) is 12.1 Å². The summed E-state index contributed by atoms with van der Waals surface area (Å²) in [4.78, 5) is 26.5. The van der Waals surface area contributed by atoms with Crippen molar-refractivity contribution < 1.29 is 14.0 Å². The minimum atomic E-state index is -0.321. The lowest BCUT2D eigenvalue weighted by Gasteiger charge is -2.31. The van der Waals surface area contributed by atoms with Crippen LogP contribution in [0.1, 0.15) is 36.4 Å². The maximum atomic E-state index is 12.4. The molecule has 0 fully saturated rings. The summed E-state index contributed by atoms with van der Waals surface area (Å²) in [6.07, 6.45) is 1.90. The van der Waals surface area contributed by atoms with Crippen molar-refractivity contribution >= 4 is 39.1 Å². The quantitative estimate of drug-likeness (QED) is 0.852. The standard InChI is InChI=1S/C18H19BrN2O3/c1-11(2)18(23)21-9-3-4-12-5-6-13(10-14(12)21)20-17(22)15-7-8-16(19)24-15/h5-8,10-11H,3-4,9H2,1-2H3,(H,20,22). The molecule has 1 aromatic heterocycles. The van der Waals surface area contributed by atoms with Crippen molar-refractivity contribution in [2.24, 2.45) is 5.92 Å². The van der Waals surface area contributed by atoms with Crippen molar-refractivity contribution in [2.45, 2.75) is 26.7 Å². The number of aryl methyl sites for hydroxylation is 1. The van der Waals surface area contributed by atoms with E-state index in [1.165, 1.54) is 0 Å². The number of benzene rings is 1. The van der Waals surface area contributed by atoms with Gasteiger partial charge in [-0.1, -0.05) is 19.9 Å². The Morgan fingerprint density at radius 2 is 2.04 bits per heavy atom. The number of carbonyl (C=O) groups is 2. The van der Waals surface area contributed by atoms with E-state index in [-0.39, 0.29) is 23.5 Å². The molecule has 0 spiro atoms. The maximum absolute atomic E-state index is 12.4. The van der Waals surface area contributed by atoms with E-state index in [2.05, 4.69) is 21.2 Å². The van der Waals surface area contributed by atoms with Gasteiger partial charge in [-0.2, -0.15) is 0 Å². The van der Waals surface area contributed by atoms with Crippen LogP contribution in [-0.2, 0) is 11.2 Å². The van der Waals surface area contributed by atoms with Gasteiger partial charge in [-0.3, -0.25) is 9.59 Å². The van der Waals surface area contributed by atoms with E-state index < -0.39 is 0 Å². The summed E-state index contributed by atoms with van der Waals surface area (Å²) in [6.45, 7) is 4.51. The number of carbonyl (C=O) groups excluding carboxylic acids is 2. The number of nitrogens with zero attached hydrogens (tertiary/aromatic N) is 1. The molecule has 126 valence electrons. The summed E-state index contributed by atoms with van der Waals surface area (Å²) in [7, 11) is 0. The van der Waals surface area contributed by atoms with Crippen LogP contribution in [0.5, 0.6) is 0 Å². The first-order chi connectivity index (χ1) is 11.5. The molecule has 0 radical (unpaired) electrons. The topological polar surface area (TPSA) is 62.6 Å². The number of nitrogens with one attached hydrogen (secondary N) is 1. The molecule has 0 saturated carbocycles. The summed E-state index contributed by atoms with van der Waals surface area (Å²) in [5.74, 6) is -0.0445. The highest BCUT2D eigenvalue weighted by molar-refractivity contribution is 9.10.